The second kappa shape index (κ2) is 4.97. The molecule has 0 bridgehead atoms. The number of fused-ring (bicyclic) bond motifs is 1. The number of amides is 1. The third-order valence-corrected chi connectivity index (χ3v) is 4.63. The molecule has 3 nitrogen and oxygen atoms in total. The summed E-state index contributed by atoms with van der Waals surface area (Å²) in [5.74, 6) is 0.967. The van der Waals surface area contributed by atoms with Gasteiger partial charge in [0, 0.05) is 24.2 Å². The molecule has 0 radical (unpaired) electrons. The van der Waals surface area contributed by atoms with Gasteiger partial charge in [0.25, 0.3) is 0 Å². The molecule has 1 saturated carbocycles. The summed E-state index contributed by atoms with van der Waals surface area (Å²) in [6.07, 6.45) is 3.85. The second-order valence-corrected chi connectivity index (χ2v) is 6.01. The Morgan fingerprint density at radius 1 is 1.26 bits per heavy atom. The molecule has 2 aliphatic rings. The van der Waals surface area contributed by atoms with Crippen molar-refractivity contribution in [1.82, 2.24) is 0 Å². The predicted octanol–water partition coefficient (Wildman–Crippen LogP) is 2.65. The summed E-state index contributed by atoms with van der Waals surface area (Å²) >= 11 is 0. The molecule has 1 aromatic carbocycles. The van der Waals surface area contributed by atoms with E-state index in [1.165, 1.54) is 5.56 Å². The third kappa shape index (κ3) is 2.27. The number of para-hydroxylation sites is 1. The van der Waals surface area contributed by atoms with Crippen LogP contribution in [-0.2, 0) is 4.79 Å². The van der Waals surface area contributed by atoms with E-state index in [9.17, 15) is 4.79 Å². The fraction of sp³-hybridized carbons (Fsp3) is 0.562. The molecule has 0 aromatic heterocycles. The molecule has 1 aliphatic carbocycles. The summed E-state index contributed by atoms with van der Waals surface area (Å²) in [7, 11) is 0. The monoisotopic (exact) mass is 258 g/mol. The highest BCUT2D eigenvalue weighted by Gasteiger charge is 2.34. The molecule has 1 amide bonds. The molecule has 3 atom stereocenters. The molecule has 102 valence electrons. The summed E-state index contributed by atoms with van der Waals surface area (Å²) in [6.45, 7) is 3.09. The van der Waals surface area contributed by atoms with Crippen LogP contribution in [0.3, 0.4) is 0 Å². The van der Waals surface area contributed by atoms with E-state index in [1.807, 2.05) is 11.0 Å². The van der Waals surface area contributed by atoms with Gasteiger partial charge in [-0.3, -0.25) is 4.79 Å². The highest BCUT2D eigenvalue weighted by atomic mass is 16.2. The first kappa shape index (κ1) is 12.7. The standard InChI is InChI=1S/C16H22N2O/c1-11-8-9-18(15-5-3-2-4-14(11)15)16(19)12-6-7-13(17)10-12/h2-5,11-13H,6-10,17H2,1H3. The van der Waals surface area contributed by atoms with Gasteiger partial charge in [0.2, 0.25) is 5.91 Å². The minimum absolute atomic E-state index is 0.136. The molecule has 3 heteroatoms. The molecule has 1 aliphatic heterocycles. The van der Waals surface area contributed by atoms with Crippen LogP contribution in [0.25, 0.3) is 0 Å². The summed E-state index contributed by atoms with van der Waals surface area (Å²) in [6, 6.07) is 8.54. The molecule has 3 rings (SSSR count). The lowest BCUT2D eigenvalue weighted by atomic mass is 9.90. The van der Waals surface area contributed by atoms with E-state index in [2.05, 4.69) is 25.1 Å². The van der Waals surface area contributed by atoms with E-state index < -0.39 is 0 Å². The Balaban J connectivity index is 1.86. The number of benzene rings is 1. The molecular weight excluding hydrogens is 236 g/mol. The Hall–Kier alpha value is -1.35. The van der Waals surface area contributed by atoms with Crippen LogP contribution < -0.4 is 10.6 Å². The number of nitrogens with zero attached hydrogens (tertiary/aromatic N) is 1. The van der Waals surface area contributed by atoms with Gasteiger partial charge in [0.15, 0.2) is 0 Å². The van der Waals surface area contributed by atoms with Crippen LogP contribution in [-0.4, -0.2) is 18.5 Å². The van der Waals surface area contributed by atoms with Gasteiger partial charge >= 0.3 is 0 Å². The lowest BCUT2D eigenvalue weighted by molar-refractivity contribution is -0.122. The van der Waals surface area contributed by atoms with Crippen molar-refractivity contribution in [2.75, 3.05) is 11.4 Å². The first-order valence-corrected chi connectivity index (χ1v) is 7.32. The zero-order valence-corrected chi connectivity index (χ0v) is 11.5. The fourth-order valence-electron chi connectivity index (χ4n) is 3.44. The maximum atomic E-state index is 12.7. The van der Waals surface area contributed by atoms with E-state index in [4.69, 9.17) is 5.73 Å². The van der Waals surface area contributed by atoms with E-state index >= 15 is 0 Å². The van der Waals surface area contributed by atoms with Crippen molar-refractivity contribution in [1.29, 1.82) is 0 Å². The highest BCUT2D eigenvalue weighted by Crippen LogP contribution is 2.37. The van der Waals surface area contributed by atoms with E-state index in [1.54, 1.807) is 0 Å². The maximum Gasteiger partial charge on any atom is 0.230 e. The molecule has 1 aromatic rings. The molecule has 19 heavy (non-hydrogen) atoms. The maximum absolute atomic E-state index is 12.7. The Morgan fingerprint density at radius 2 is 2.05 bits per heavy atom. The first-order valence-electron chi connectivity index (χ1n) is 7.32. The van der Waals surface area contributed by atoms with Gasteiger partial charge in [0.05, 0.1) is 0 Å². The van der Waals surface area contributed by atoms with Crippen LogP contribution >= 0.6 is 0 Å². The van der Waals surface area contributed by atoms with Crippen LogP contribution in [0.1, 0.15) is 44.1 Å². The van der Waals surface area contributed by atoms with Crippen LogP contribution in [0.5, 0.6) is 0 Å². The fourth-order valence-corrected chi connectivity index (χ4v) is 3.44. The predicted molar refractivity (Wildman–Crippen MR) is 77.1 cm³/mol. The van der Waals surface area contributed by atoms with Crippen LogP contribution in [0.2, 0.25) is 0 Å². The van der Waals surface area contributed by atoms with Crippen molar-refractivity contribution in [3.05, 3.63) is 29.8 Å². The summed E-state index contributed by atoms with van der Waals surface area (Å²) in [5.41, 5.74) is 8.37. The van der Waals surface area contributed by atoms with Crippen molar-refractivity contribution in [3.63, 3.8) is 0 Å². The average Bonchev–Trinajstić information content (AvgIpc) is 2.86. The molecule has 0 spiro atoms. The van der Waals surface area contributed by atoms with Crippen LogP contribution in [0.4, 0.5) is 5.69 Å². The number of carbonyl (C=O) groups excluding carboxylic acids is 1. The Kier molecular flexibility index (Phi) is 3.31. The van der Waals surface area contributed by atoms with Crippen molar-refractivity contribution < 1.29 is 4.79 Å². The summed E-state index contributed by atoms with van der Waals surface area (Å²) < 4.78 is 0. The number of nitrogens with two attached hydrogens (primary N) is 1. The Morgan fingerprint density at radius 3 is 2.79 bits per heavy atom. The zero-order chi connectivity index (χ0) is 13.4. The third-order valence-electron chi connectivity index (χ3n) is 4.63. The molecule has 0 saturated heterocycles. The van der Waals surface area contributed by atoms with Gasteiger partial charge in [-0.05, 0) is 43.2 Å². The van der Waals surface area contributed by atoms with E-state index in [0.29, 0.717) is 5.92 Å². The van der Waals surface area contributed by atoms with Crippen LogP contribution in [0, 0.1) is 5.92 Å². The summed E-state index contributed by atoms with van der Waals surface area (Å²) in [5, 5.41) is 0. The van der Waals surface area contributed by atoms with E-state index in [-0.39, 0.29) is 17.9 Å². The molecule has 2 N–H and O–H groups in total. The normalized spacial score (nSPS) is 30.2. The van der Waals surface area contributed by atoms with Gasteiger partial charge in [-0.25, -0.2) is 0 Å². The van der Waals surface area contributed by atoms with Crippen molar-refractivity contribution in [2.45, 2.75) is 44.6 Å². The molecule has 1 fully saturated rings. The highest BCUT2D eigenvalue weighted by molar-refractivity contribution is 5.96. The quantitative estimate of drug-likeness (QED) is 0.841. The van der Waals surface area contributed by atoms with Gasteiger partial charge < -0.3 is 10.6 Å². The molecule has 1 heterocycles. The number of rotatable bonds is 1. The average molecular weight is 258 g/mol. The van der Waals surface area contributed by atoms with Crippen molar-refractivity contribution in [2.24, 2.45) is 11.7 Å². The molecule has 3 unspecified atom stereocenters. The Bertz CT molecular complexity index is 485. The number of carbonyl (C=O) groups is 1. The van der Waals surface area contributed by atoms with Gasteiger partial charge in [-0.2, -0.15) is 0 Å². The zero-order valence-electron chi connectivity index (χ0n) is 11.5. The van der Waals surface area contributed by atoms with Crippen molar-refractivity contribution >= 4 is 11.6 Å². The van der Waals surface area contributed by atoms with Gasteiger partial charge in [-0.1, -0.05) is 25.1 Å². The van der Waals surface area contributed by atoms with Gasteiger partial charge in [-0.15, -0.1) is 0 Å². The summed E-state index contributed by atoms with van der Waals surface area (Å²) in [4.78, 5) is 14.7. The number of anilines is 1. The van der Waals surface area contributed by atoms with Crippen molar-refractivity contribution in [3.8, 4) is 0 Å². The molecular formula is C16H22N2O. The SMILES string of the molecule is CC1CCN(C(=O)C2CCC(N)C2)c2ccccc21. The second-order valence-electron chi connectivity index (χ2n) is 6.01. The minimum atomic E-state index is 0.136. The number of hydrogen-bond donors (Lipinski definition) is 1. The smallest absolute Gasteiger partial charge is 0.230 e. The largest absolute Gasteiger partial charge is 0.328 e. The lowest BCUT2D eigenvalue weighted by Crippen LogP contribution is -2.40. The van der Waals surface area contributed by atoms with Gasteiger partial charge in [0.1, 0.15) is 0 Å². The van der Waals surface area contributed by atoms with Crippen LogP contribution in [0.15, 0.2) is 24.3 Å². The topological polar surface area (TPSA) is 46.3 Å². The number of hydrogen-bond acceptors (Lipinski definition) is 2. The van der Waals surface area contributed by atoms with E-state index in [0.717, 1.165) is 37.9 Å². The first-order chi connectivity index (χ1) is 9.16. The lowest BCUT2D eigenvalue weighted by Gasteiger charge is -2.34. The Labute approximate surface area is 114 Å². The minimum Gasteiger partial charge on any atom is -0.328 e.